The van der Waals surface area contributed by atoms with Crippen molar-refractivity contribution in [2.45, 2.75) is 62.9 Å². The number of aromatic hydroxyl groups is 1. The quantitative estimate of drug-likeness (QED) is 0.117. The topological polar surface area (TPSA) is 234 Å². The van der Waals surface area contributed by atoms with Crippen molar-refractivity contribution in [1.29, 1.82) is 0 Å². The van der Waals surface area contributed by atoms with Crippen LogP contribution in [0.25, 0.3) is 0 Å². The van der Waals surface area contributed by atoms with Gasteiger partial charge in [0.15, 0.2) is 6.04 Å². The summed E-state index contributed by atoms with van der Waals surface area (Å²) in [6.07, 6.45) is 0.380. The van der Waals surface area contributed by atoms with Crippen LogP contribution in [0, 0.1) is 0 Å². The van der Waals surface area contributed by atoms with Gasteiger partial charge < -0.3 is 42.7 Å². The molecule has 0 saturated carbocycles. The highest BCUT2D eigenvalue weighted by Gasteiger charge is 2.32. The number of aliphatic carboxylic acids is 1. The smallest absolute Gasteiger partial charge is 0.328 e. The van der Waals surface area contributed by atoms with Gasteiger partial charge in [-0.3, -0.25) is 19.2 Å². The van der Waals surface area contributed by atoms with E-state index in [9.17, 15) is 39.3 Å². The zero-order chi connectivity index (χ0) is 28.1. The molecule has 0 bridgehead atoms. The van der Waals surface area contributed by atoms with E-state index in [1.54, 1.807) is 6.26 Å². The Morgan fingerprint density at radius 2 is 1.51 bits per heavy atom. The van der Waals surface area contributed by atoms with Gasteiger partial charge in [-0.25, -0.2) is 4.79 Å². The molecular weight excluding hydrogens is 506 g/mol. The van der Waals surface area contributed by atoms with Crippen LogP contribution in [-0.2, 0) is 30.4 Å². The summed E-state index contributed by atoms with van der Waals surface area (Å²) in [7, 11) is 0. The monoisotopic (exact) mass is 541 g/mol. The Hall–Kier alpha value is -3.36. The van der Waals surface area contributed by atoms with Crippen molar-refractivity contribution in [2.24, 2.45) is 11.5 Å². The van der Waals surface area contributed by atoms with Gasteiger partial charge in [0.05, 0.1) is 12.1 Å². The number of nitrogens with two attached hydrogens (primary N) is 2. The van der Waals surface area contributed by atoms with Crippen LogP contribution < -0.4 is 27.4 Å². The number of primary amides is 1. The summed E-state index contributed by atoms with van der Waals surface area (Å²) in [5.74, 6) is -3.89. The lowest BCUT2D eigenvalue weighted by Crippen LogP contribution is -2.58. The van der Waals surface area contributed by atoms with Crippen molar-refractivity contribution < 1.29 is 39.3 Å². The van der Waals surface area contributed by atoms with Crippen molar-refractivity contribution in [2.75, 3.05) is 12.0 Å². The van der Waals surface area contributed by atoms with E-state index in [2.05, 4.69) is 16.0 Å². The minimum absolute atomic E-state index is 0.0126. The molecule has 0 heterocycles. The number of hydrogen-bond donors (Lipinski definition) is 8. The van der Waals surface area contributed by atoms with Crippen molar-refractivity contribution in [3.05, 3.63) is 29.8 Å². The molecule has 0 aliphatic heterocycles. The van der Waals surface area contributed by atoms with Crippen molar-refractivity contribution in [1.82, 2.24) is 16.0 Å². The Balaban J connectivity index is 3.11. The SMILES string of the molecule is CSCCC(NC(=O)C(N)CCC(N)=O)C(=O)NC(Cc1ccc(O)cc1)C(=O)NC(C(=O)O)C(C)O. The standard InChI is InChI=1S/C23H35N5O8S/c1-12(29)19(23(35)36)28-22(34)17(11-13-3-5-14(30)6-4-13)27-21(33)16(9-10-37-2)26-20(32)15(24)7-8-18(25)31/h3-6,12,15-17,19,29-30H,7-11,24H2,1-2H3,(H2,25,31)(H,26,32)(H,27,33)(H,28,34)(H,35,36). The molecule has 1 rings (SSSR count). The van der Waals surface area contributed by atoms with E-state index in [4.69, 9.17) is 11.5 Å². The van der Waals surface area contributed by atoms with Crippen LogP contribution in [0.3, 0.4) is 0 Å². The maximum absolute atomic E-state index is 13.2. The van der Waals surface area contributed by atoms with Crippen LogP contribution >= 0.6 is 11.8 Å². The minimum atomic E-state index is -1.62. The zero-order valence-corrected chi connectivity index (χ0v) is 21.5. The number of phenols is 1. The minimum Gasteiger partial charge on any atom is -0.508 e. The fourth-order valence-electron chi connectivity index (χ4n) is 3.20. The van der Waals surface area contributed by atoms with Gasteiger partial charge in [-0.2, -0.15) is 11.8 Å². The third-order valence-corrected chi connectivity index (χ3v) is 5.98. The van der Waals surface area contributed by atoms with Crippen LogP contribution in [0.4, 0.5) is 0 Å². The number of aliphatic hydroxyl groups excluding tert-OH is 1. The summed E-state index contributed by atoms with van der Waals surface area (Å²) < 4.78 is 0. The second kappa shape index (κ2) is 15.7. The number of hydrogen-bond acceptors (Lipinski definition) is 9. The molecule has 5 unspecified atom stereocenters. The molecule has 0 aliphatic rings. The Labute approximate surface area is 218 Å². The van der Waals surface area contributed by atoms with E-state index < -0.39 is 59.9 Å². The molecule has 1 aromatic rings. The number of amides is 4. The molecule has 0 saturated heterocycles. The lowest BCUT2D eigenvalue weighted by atomic mass is 10.0. The lowest BCUT2D eigenvalue weighted by molar-refractivity contribution is -0.145. The van der Waals surface area contributed by atoms with Crippen molar-refractivity contribution in [3.63, 3.8) is 0 Å². The molecule has 206 valence electrons. The summed E-state index contributed by atoms with van der Waals surface area (Å²) in [6.45, 7) is 1.20. The molecule has 0 aromatic heterocycles. The number of nitrogens with one attached hydrogen (secondary N) is 3. The van der Waals surface area contributed by atoms with Crippen molar-refractivity contribution >= 4 is 41.4 Å². The third kappa shape index (κ3) is 11.5. The molecule has 5 atom stereocenters. The van der Waals surface area contributed by atoms with Gasteiger partial charge in [-0.05, 0) is 49.5 Å². The Morgan fingerprint density at radius 1 is 0.946 bits per heavy atom. The van der Waals surface area contributed by atoms with Crippen LogP contribution in [0.1, 0.15) is 31.7 Å². The summed E-state index contributed by atoms with van der Waals surface area (Å²) >= 11 is 1.42. The van der Waals surface area contributed by atoms with Gasteiger partial charge in [0.1, 0.15) is 17.8 Å². The molecule has 37 heavy (non-hydrogen) atoms. The molecular formula is C23H35N5O8S. The first-order valence-electron chi connectivity index (χ1n) is 11.5. The molecule has 4 amide bonds. The van der Waals surface area contributed by atoms with Gasteiger partial charge in [-0.1, -0.05) is 12.1 Å². The van der Waals surface area contributed by atoms with Gasteiger partial charge >= 0.3 is 5.97 Å². The van der Waals surface area contributed by atoms with E-state index in [0.717, 1.165) is 0 Å². The maximum atomic E-state index is 13.2. The number of rotatable bonds is 16. The maximum Gasteiger partial charge on any atom is 0.328 e. The first kappa shape index (κ1) is 31.7. The van der Waals surface area contributed by atoms with Gasteiger partial charge in [0, 0.05) is 12.8 Å². The van der Waals surface area contributed by atoms with E-state index in [0.29, 0.717) is 11.3 Å². The second-order valence-electron chi connectivity index (χ2n) is 8.45. The Kier molecular flexibility index (Phi) is 13.4. The van der Waals surface area contributed by atoms with Crippen LogP contribution in [0.15, 0.2) is 24.3 Å². The number of carboxylic acid groups (broad SMARTS) is 1. The van der Waals surface area contributed by atoms with E-state index in [1.807, 2.05) is 0 Å². The highest BCUT2D eigenvalue weighted by atomic mass is 32.2. The number of aliphatic hydroxyl groups is 1. The predicted molar refractivity (Wildman–Crippen MR) is 136 cm³/mol. The molecule has 0 radical (unpaired) electrons. The molecule has 14 heteroatoms. The first-order valence-corrected chi connectivity index (χ1v) is 12.9. The summed E-state index contributed by atoms with van der Waals surface area (Å²) in [5.41, 5.74) is 11.4. The molecule has 0 aliphatic carbocycles. The van der Waals surface area contributed by atoms with Gasteiger partial charge in [-0.15, -0.1) is 0 Å². The molecule has 0 spiro atoms. The highest BCUT2D eigenvalue weighted by molar-refractivity contribution is 7.98. The van der Waals surface area contributed by atoms with Gasteiger partial charge in [0.25, 0.3) is 0 Å². The normalized spacial score (nSPS) is 14.9. The first-order chi connectivity index (χ1) is 17.3. The van der Waals surface area contributed by atoms with Crippen LogP contribution in [-0.4, -0.2) is 87.2 Å². The zero-order valence-electron chi connectivity index (χ0n) is 20.7. The van der Waals surface area contributed by atoms with Crippen LogP contribution in [0.5, 0.6) is 5.75 Å². The third-order valence-electron chi connectivity index (χ3n) is 5.34. The van der Waals surface area contributed by atoms with Crippen LogP contribution in [0.2, 0.25) is 0 Å². The summed E-state index contributed by atoms with van der Waals surface area (Å²) in [6, 6.07) is 0.744. The molecule has 0 fully saturated rings. The average Bonchev–Trinajstić information content (AvgIpc) is 2.83. The van der Waals surface area contributed by atoms with Crippen molar-refractivity contribution in [3.8, 4) is 5.75 Å². The number of carbonyl (C=O) groups excluding carboxylic acids is 4. The molecule has 1 aromatic carbocycles. The number of carbonyl (C=O) groups is 5. The number of carboxylic acids is 1. The second-order valence-corrected chi connectivity index (χ2v) is 9.44. The average molecular weight is 542 g/mol. The lowest BCUT2D eigenvalue weighted by Gasteiger charge is -2.26. The molecule has 13 nitrogen and oxygen atoms in total. The number of thioether (sulfide) groups is 1. The Morgan fingerprint density at radius 3 is 2.03 bits per heavy atom. The summed E-state index contributed by atoms with van der Waals surface area (Å²) in [5, 5.41) is 35.8. The van der Waals surface area contributed by atoms with Gasteiger partial charge in [0.2, 0.25) is 23.6 Å². The fraction of sp³-hybridized carbons (Fsp3) is 0.522. The molecule has 10 N–H and O–H groups in total. The number of phenolic OH excluding ortho intramolecular Hbond substituents is 1. The number of benzene rings is 1. The van der Waals surface area contributed by atoms with E-state index in [1.165, 1.54) is 43.0 Å². The summed E-state index contributed by atoms with van der Waals surface area (Å²) in [4.78, 5) is 61.1. The predicted octanol–water partition coefficient (Wildman–Crippen LogP) is -1.80. The van der Waals surface area contributed by atoms with E-state index >= 15 is 0 Å². The fourth-order valence-corrected chi connectivity index (χ4v) is 3.68. The largest absolute Gasteiger partial charge is 0.508 e. The highest BCUT2D eigenvalue weighted by Crippen LogP contribution is 2.12. The van der Waals surface area contributed by atoms with E-state index in [-0.39, 0.29) is 31.4 Å². The Bertz CT molecular complexity index is 944.